The molecule has 0 saturated heterocycles. The van der Waals surface area contributed by atoms with E-state index < -0.39 is 0 Å². The molecule has 78 valence electrons. The number of hydrogen-bond acceptors (Lipinski definition) is 2. The SMILES string of the molecule is Cc1ccc(-c2nc(Br)sc2C)c(F)c1. The highest BCUT2D eigenvalue weighted by Crippen LogP contribution is 2.31. The van der Waals surface area contributed by atoms with Crippen molar-refractivity contribution in [3.63, 3.8) is 0 Å². The summed E-state index contributed by atoms with van der Waals surface area (Å²) in [6.45, 7) is 3.81. The van der Waals surface area contributed by atoms with Crippen molar-refractivity contribution in [3.05, 3.63) is 38.4 Å². The normalized spacial score (nSPS) is 10.7. The number of aromatic nitrogens is 1. The Morgan fingerprint density at radius 1 is 1.33 bits per heavy atom. The molecule has 0 spiro atoms. The second kappa shape index (κ2) is 4.02. The van der Waals surface area contributed by atoms with Gasteiger partial charge >= 0.3 is 0 Å². The zero-order chi connectivity index (χ0) is 11.0. The zero-order valence-corrected chi connectivity index (χ0v) is 10.7. The van der Waals surface area contributed by atoms with Crippen molar-refractivity contribution in [1.29, 1.82) is 0 Å². The van der Waals surface area contributed by atoms with Gasteiger partial charge in [-0.15, -0.1) is 11.3 Å². The summed E-state index contributed by atoms with van der Waals surface area (Å²) in [5, 5.41) is 0. The van der Waals surface area contributed by atoms with E-state index in [0.29, 0.717) is 5.56 Å². The van der Waals surface area contributed by atoms with Gasteiger partial charge in [0.2, 0.25) is 0 Å². The summed E-state index contributed by atoms with van der Waals surface area (Å²) in [6.07, 6.45) is 0. The Hall–Kier alpha value is -0.740. The molecule has 2 aromatic rings. The minimum atomic E-state index is -0.212. The quantitative estimate of drug-likeness (QED) is 0.760. The third kappa shape index (κ3) is 2.11. The molecule has 0 radical (unpaired) electrons. The van der Waals surface area contributed by atoms with Crippen LogP contribution >= 0.6 is 27.3 Å². The maximum atomic E-state index is 13.7. The Bertz CT molecular complexity index is 507. The van der Waals surface area contributed by atoms with Gasteiger partial charge in [0.25, 0.3) is 0 Å². The number of hydrogen-bond donors (Lipinski definition) is 0. The predicted molar refractivity (Wildman–Crippen MR) is 64.7 cm³/mol. The average Bonchev–Trinajstić information content (AvgIpc) is 2.45. The van der Waals surface area contributed by atoms with E-state index in [4.69, 9.17) is 0 Å². The van der Waals surface area contributed by atoms with Crippen LogP contribution in [-0.4, -0.2) is 4.98 Å². The number of thiazole rings is 1. The van der Waals surface area contributed by atoms with Crippen molar-refractivity contribution >= 4 is 27.3 Å². The first-order valence-electron chi connectivity index (χ1n) is 4.47. The first kappa shape index (κ1) is 10.8. The summed E-state index contributed by atoms with van der Waals surface area (Å²) in [4.78, 5) is 5.28. The van der Waals surface area contributed by atoms with Crippen LogP contribution in [0, 0.1) is 19.7 Å². The molecule has 0 aliphatic rings. The predicted octanol–water partition coefficient (Wildman–Crippen LogP) is 4.33. The van der Waals surface area contributed by atoms with Gasteiger partial charge in [-0.05, 0) is 47.5 Å². The molecule has 0 aliphatic heterocycles. The van der Waals surface area contributed by atoms with E-state index in [-0.39, 0.29) is 5.82 Å². The van der Waals surface area contributed by atoms with Gasteiger partial charge in [-0.25, -0.2) is 9.37 Å². The summed E-state index contributed by atoms with van der Waals surface area (Å²) < 4.78 is 14.5. The smallest absolute Gasteiger partial charge is 0.160 e. The lowest BCUT2D eigenvalue weighted by Gasteiger charge is -2.01. The Balaban J connectivity index is 2.59. The van der Waals surface area contributed by atoms with Crippen LogP contribution in [-0.2, 0) is 0 Å². The molecule has 0 N–H and O–H groups in total. The van der Waals surface area contributed by atoms with Gasteiger partial charge in [-0.2, -0.15) is 0 Å². The van der Waals surface area contributed by atoms with Gasteiger partial charge in [0, 0.05) is 10.4 Å². The lowest BCUT2D eigenvalue weighted by molar-refractivity contribution is 0.629. The molecule has 1 aromatic carbocycles. The molecule has 2 rings (SSSR count). The lowest BCUT2D eigenvalue weighted by atomic mass is 10.1. The summed E-state index contributed by atoms with van der Waals surface area (Å²) >= 11 is 4.82. The average molecular weight is 286 g/mol. The third-order valence-electron chi connectivity index (χ3n) is 2.15. The number of benzene rings is 1. The molecule has 1 heterocycles. The Morgan fingerprint density at radius 2 is 2.07 bits per heavy atom. The molecule has 0 fully saturated rings. The van der Waals surface area contributed by atoms with Gasteiger partial charge in [-0.1, -0.05) is 6.07 Å². The summed E-state index contributed by atoms with van der Waals surface area (Å²) in [7, 11) is 0. The van der Waals surface area contributed by atoms with E-state index in [2.05, 4.69) is 20.9 Å². The molecular weight excluding hydrogens is 277 g/mol. The highest BCUT2D eigenvalue weighted by molar-refractivity contribution is 9.11. The third-order valence-corrected chi connectivity index (χ3v) is 3.57. The fraction of sp³-hybridized carbons (Fsp3) is 0.182. The van der Waals surface area contributed by atoms with Gasteiger partial charge < -0.3 is 0 Å². The fourth-order valence-corrected chi connectivity index (χ4v) is 2.97. The maximum absolute atomic E-state index is 13.7. The van der Waals surface area contributed by atoms with Crippen molar-refractivity contribution in [2.45, 2.75) is 13.8 Å². The first-order chi connectivity index (χ1) is 7.08. The minimum Gasteiger partial charge on any atom is -0.229 e. The van der Waals surface area contributed by atoms with Crippen LogP contribution in [0.15, 0.2) is 22.1 Å². The summed E-state index contributed by atoms with van der Waals surface area (Å²) in [5.41, 5.74) is 2.22. The van der Waals surface area contributed by atoms with E-state index >= 15 is 0 Å². The first-order valence-corrected chi connectivity index (χ1v) is 6.08. The van der Waals surface area contributed by atoms with Crippen LogP contribution in [0.3, 0.4) is 0 Å². The number of rotatable bonds is 1. The zero-order valence-electron chi connectivity index (χ0n) is 8.34. The Labute approximate surface area is 100 Å². The van der Waals surface area contributed by atoms with Gasteiger partial charge in [0.15, 0.2) is 3.92 Å². The van der Waals surface area contributed by atoms with Gasteiger partial charge in [-0.3, -0.25) is 0 Å². The van der Waals surface area contributed by atoms with Crippen LogP contribution in [0.25, 0.3) is 11.3 Å². The lowest BCUT2D eigenvalue weighted by Crippen LogP contribution is -1.87. The Kier molecular flexibility index (Phi) is 2.89. The van der Waals surface area contributed by atoms with Crippen LogP contribution in [0.4, 0.5) is 4.39 Å². The van der Waals surface area contributed by atoms with Crippen LogP contribution in [0.5, 0.6) is 0 Å². The van der Waals surface area contributed by atoms with E-state index in [9.17, 15) is 4.39 Å². The largest absolute Gasteiger partial charge is 0.229 e. The van der Waals surface area contributed by atoms with Crippen molar-refractivity contribution < 1.29 is 4.39 Å². The van der Waals surface area contributed by atoms with Crippen molar-refractivity contribution in [2.75, 3.05) is 0 Å². The van der Waals surface area contributed by atoms with E-state index in [0.717, 1.165) is 20.1 Å². The number of halogens is 2. The van der Waals surface area contributed by atoms with Gasteiger partial charge in [0.1, 0.15) is 5.82 Å². The Morgan fingerprint density at radius 3 is 2.60 bits per heavy atom. The maximum Gasteiger partial charge on any atom is 0.160 e. The molecule has 1 aromatic heterocycles. The van der Waals surface area contributed by atoms with E-state index in [1.807, 2.05) is 19.9 Å². The molecule has 0 saturated carbocycles. The fourth-order valence-electron chi connectivity index (χ4n) is 1.43. The van der Waals surface area contributed by atoms with Crippen molar-refractivity contribution in [1.82, 2.24) is 4.98 Å². The molecule has 15 heavy (non-hydrogen) atoms. The van der Waals surface area contributed by atoms with E-state index in [1.54, 1.807) is 6.07 Å². The molecule has 1 nitrogen and oxygen atoms in total. The van der Waals surface area contributed by atoms with Crippen LogP contribution in [0.2, 0.25) is 0 Å². The second-order valence-electron chi connectivity index (χ2n) is 3.35. The molecule has 0 amide bonds. The molecule has 0 unspecified atom stereocenters. The van der Waals surface area contributed by atoms with Crippen molar-refractivity contribution in [3.8, 4) is 11.3 Å². The molecule has 0 atom stereocenters. The molecule has 4 heteroatoms. The number of aryl methyl sites for hydroxylation is 2. The van der Waals surface area contributed by atoms with Crippen molar-refractivity contribution in [2.24, 2.45) is 0 Å². The molecular formula is C11H9BrFNS. The van der Waals surface area contributed by atoms with Crippen LogP contribution < -0.4 is 0 Å². The van der Waals surface area contributed by atoms with Crippen LogP contribution in [0.1, 0.15) is 10.4 Å². The highest BCUT2D eigenvalue weighted by Gasteiger charge is 2.12. The summed E-state index contributed by atoms with van der Waals surface area (Å²) in [6, 6.07) is 5.20. The highest BCUT2D eigenvalue weighted by atomic mass is 79.9. The summed E-state index contributed by atoms with van der Waals surface area (Å²) in [5.74, 6) is -0.212. The molecule has 0 bridgehead atoms. The van der Waals surface area contributed by atoms with Gasteiger partial charge in [0.05, 0.1) is 5.69 Å². The van der Waals surface area contributed by atoms with E-state index in [1.165, 1.54) is 17.4 Å². The molecule has 0 aliphatic carbocycles. The minimum absolute atomic E-state index is 0.212. The standard InChI is InChI=1S/C11H9BrFNS/c1-6-3-4-8(9(13)5-6)10-7(2)15-11(12)14-10/h3-5H,1-2H3. The topological polar surface area (TPSA) is 12.9 Å². The second-order valence-corrected chi connectivity index (χ2v) is 5.83. The monoisotopic (exact) mass is 285 g/mol. The number of nitrogens with zero attached hydrogens (tertiary/aromatic N) is 1.